The van der Waals surface area contributed by atoms with Crippen molar-refractivity contribution < 1.29 is 13.6 Å². The Balaban J connectivity index is 1.88. The molecular weight excluding hydrogens is 274 g/mol. The second-order valence-electron chi connectivity index (χ2n) is 5.10. The molecule has 1 aliphatic rings. The van der Waals surface area contributed by atoms with Crippen LogP contribution in [-0.2, 0) is 6.42 Å². The van der Waals surface area contributed by atoms with Gasteiger partial charge in [0.1, 0.15) is 11.6 Å². The Kier molecular flexibility index (Phi) is 3.33. The Morgan fingerprint density at radius 2 is 2.00 bits per heavy atom. The number of hydrogen-bond acceptors (Lipinski definition) is 2. The molecule has 0 radical (unpaired) electrons. The van der Waals surface area contributed by atoms with Gasteiger partial charge in [-0.1, -0.05) is 12.1 Å². The first-order chi connectivity index (χ1) is 10.1. The monoisotopic (exact) mass is 288 g/mol. The second kappa shape index (κ2) is 5.16. The number of carbonyl (C=O) groups is 1. The van der Waals surface area contributed by atoms with E-state index in [2.05, 4.69) is 5.32 Å². The maximum atomic E-state index is 13.7. The molecule has 1 aliphatic carbocycles. The molecule has 0 fully saturated rings. The van der Waals surface area contributed by atoms with Crippen LogP contribution in [-0.4, -0.2) is 5.91 Å². The van der Waals surface area contributed by atoms with Gasteiger partial charge in [-0.3, -0.25) is 4.79 Å². The van der Waals surface area contributed by atoms with Gasteiger partial charge >= 0.3 is 0 Å². The molecule has 2 aromatic rings. The van der Waals surface area contributed by atoms with Crippen LogP contribution in [0.15, 0.2) is 36.4 Å². The lowest BCUT2D eigenvalue weighted by atomic mass is 10.1. The molecule has 21 heavy (non-hydrogen) atoms. The summed E-state index contributed by atoms with van der Waals surface area (Å²) in [4.78, 5) is 11.2. The minimum atomic E-state index is -0.811. The molecule has 0 heterocycles. The molecule has 1 amide bonds. The lowest BCUT2D eigenvalue weighted by molar-refractivity contribution is 0.0996. The minimum Gasteiger partial charge on any atom is -0.378 e. The Bertz CT molecular complexity index is 715. The Morgan fingerprint density at radius 3 is 2.76 bits per heavy atom. The quantitative estimate of drug-likeness (QED) is 0.911. The van der Waals surface area contributed by atoms with Crippen molar-refractivity contribution in [2.75, 3.05) is 5.32 Å². The fourth-order valence-electron chi connectivity index (χ4n) is 2.76. The molecule has 1 unspecified atom stereocenters. The fraction of sp³-hybridized carbons (Fsp3) is 0.188. The smallest absolute Gasteiger partial charge is 0.251 e. The average molecular weight is 288 g/mol. The standard InChI is InChI=1S/C16H14F2N2O/c17-13-3-1-2-11-10(13)5-7-15(11)20-9-4-6-14(18)12(8-9)16(19)21/h1-4,6,8,15,20H,5,7H2,(H2,19,21). The van der Waals surface area contributed by atoms with Crippen LogP contribution >= 0.6 is 0 Å². The number of primary amides is 1. The predicted octanol–water partition coefficient (Wildman–Crippen LogP) is 3.16. The molecule has 3 N–H and O–H groups in total. The van der Waals surface area contributed by atoms with Gasteiger partial charge in [-0.05, 0) is 48.2 Å². The van der Waals surface area contributed by atoms with E-state index in [9.17, 15) is 13.6 Å². The normalized spacial score (nSPS) is 16.6. The third-order valence-corrected chi connectivity index (χ3v) is 3.79. The molecule has 2 aromatic carbocycles. The number of nitrogens with two attached hydrogens (primary N) is 1. The summed E-state index contributed by atoms with van der Waals surface area (Å²) in [5, 5.41) is 3.21. The zero-order valence-electron chi connectivity index (χ0n) is 11.2. The van der Waals surface area contributed by atoms with Crippen molar-refractivity contribution in [2.24, 2.45) is 5.73 Å². The zero-order valence-corrected chi connectivity index (χ0v) is 11.2. The number of nitrogens with one attached hydrogen (secondary N) is 1. The maximum Gasteiger partial charge on any atom is 0.251 e. The number of fused-ring (bicyclic) bond motifs is 1. The van der Waals surface area contributed by atoms with Crippen LogP contribution in [0.3, 0.4) is 0 Å². The van der Waals surface area contributed by atoms with Crippen LogP contribution < -0.4 is 11.1 Å². The van der Waals surface area contributed by atoms with Crippen molar-refractivity contribution >= 4 is 11.6 Å². The minimum absolute atomic E-state index is 0.0538. The van der Waals surface area contributed by atoms with Gasteiger partial charge in [-0.25, -0.2) is 8.78 Å². The molecule has 0 bridgehead atoms. The molecular formula is C16H14F2N2O. The van der Waals surface area contributed by atoms with Crippen LogP contribution in [0.1, 0.15) is 33.9 Å². The number of amides is 1. The van der Waals surface area contributed by atoms with Crippen molar-refractivity contribution in [3.05, 3.63) is 64.7 Å². The molecule has 0 saturated heterocycles. The third kappa shape index (κ3) is 2.46. The summed E-state index contributed by atoms with van der Waals surface area (Å²) in [6.45, 7) is 0. The summed E-state index contributed by atoms with van der Waals surface area (Å²) in [6.07, 6.45) is 1.41. The van der Waals surface area contributed by atoms with Crippen LogP contribution in [0, 0.1) is 11.6 Å². The number of rotatable bonds is 3. The van der Waals surface area contributed by atoms with E-state index < -0.39 is 11.7 Å². The van der Waals surface area contributed by atoms with Gasteiger partial charge in [-0.15, -0.1) is 0 Å². The van der Waals surface area contributed by atoms with E-state index >= 15 is 0 Å². The molecule has 5 heteroatoms. The molecule has 3 nitrogen and oxygen atoms in total. The highest BCUT2D eigenvalue weighted by Gasteiger charge is 2.24. The van der Waals surface area contributed by atoms with Gasteiger partial charge in [0.2, 0.25) is 0 Å². The summed E-state index contributed by atoms with van der Waals surface area (Å²) in [5.41, 5.74) is 7.18. The molecule has 0 saturated carbocycles. The molecule has 0 spiro atoms. The highest BCUT2D eigenvalue weighted by atomic mass is 19.1. The van der Waals surface area contributed by atoms with E-state index in [1.807, 2.05) is 6.07 Å². The van der Waals surface area contributed by atoms with Crippen molar-refractivity contribution in [2.45, 2.75) is 18.9 Å². The second-order valence-corrected chi connectivity index (χ2v) is 5.10. The van der Waals surface area contributed by atoms with Gasteiger partial charge in [0, 0.05) is 5.69 Å². The SMILES string of the molecule is NC(=O)c1cc(NC2CCc3c(F)cccc32)ccc1F. The summed E-state index contributed by atoms with van der Waals surface area (Å²) >= 11 is 0. The highest BCUT2D eigenvalue weighted by molar-refractivity contribution is 5.94. The number of anilines is 1. The van der Waals surface area contributed by atoms with Crippen molar-refractivity contribution in [1.29, 1.82) is 0 Å². The first-order valence-corrected chi connectivity index (χ1v) is 6.69. The van der Waals surface area contributed by atoms with E-state index in [0.29, 0.717) is 17.7 Å². The molecule has 3 rings (SSSR count). The van der Waals surface area contributed by atoms with Crippen LogP contribution in [0.4, 0.5) is 14.5 Å². The van der Waals surface area contributed by atoms with Crippen molar-refractivity contribution in [3.63, 3.8) is 0 Å². The average Bonchev–Trinajstić information content (AvgIpc) is 2.85. The predicted molar refractivity (Wildman–Crippen MR) is 76.0 cm³/mol. The number of benzene rings is 2. The van der Waals surface area contributed by atoms with Gasteiger partial charge < -0.3 is 11.1 Å². The largest absolute Gasteiger partial charge is 0.378 e. The summed E-state index contributed by atoms with van der Waals surface area (Å²) in [5.74, 6) is -1.66. The Hall–Kier alpha value is -2.43. The topological polar surface area (TPSA) is 55.1 Å². The van der Waals surface area contributed by atoms with E-state index in [0.717, 1.165) is 12.0 Å². The van der Waals surface area contributed by atoms with Crippen LogP contribution in [0.2, 0.25) is 0 Å². The number of hydrogen-bond donors (Lipinski definition) is 2. The Labute approximate surface area is 120 Å². The first kappa shape index (κ1) is 13.5. The molecule has 0 aliphatic heterocycles. The lowest BCUT2D eigenvalue weighted by Gasteiger charge is -2.16. The van der Waals surface area contributed by atoms with Crippen molar-refractivity contribution in [1.82, 2.24) is 0 Å². The maximum absolute atomic E-state index is 13.7. The first-order valence-electron chi connectivity index (χ1n) is 6.69. The molecule has 1 atom stereocenters. The van der Waals surface area contributed by atoms with Crippen LogP contribution in [0.25, 0.3) is 0 Å². The fourth-order valence-corrected chi connectivity index (χ4v) is 2.76. The van der Waals surface area contributed by atoms with Crippen LogP contribution in [0.5, 0.6) is 0 Å². The highest BCUT2D eigenvalue weighted by Crippen LogP contribution is 2.35. The summed E-state index contributed by atoms with van der Waals surface area (Å²) in [7, 11) is 0. The lowest BCUT2D eigenvalue weighted by Crippen LogP contribution is -2.14. The van der Waals surface area contributed by atoms with E-state index in [1.165, 1.54) is 18.2 Å². The van der Waals surface area contributed by atoms with E-state index in [4.69, 9.17) is 5.73 Å². The summed E-state index contributed by atoms with van der Waals surface area (Å²) in [6, 6.07) is 9.07. The Morgan fingerprint density at radius 1 is 1.19 bits per heavy atom. The summed E-state index contributed by atoms with van der Waals surface area (Å²) < 4.78 is 27.1. The molecule has 108 valence electrons. The number of carbonyl (C=O) groups excluding carboxylic acids is 1. The van der Waals surface area contributed by atoms with Gasteiger partial charge in [-0.2, -0.15) is 0 Å². The van der Waals surface area contributed by atoms with Crippen molar-refractivity contribution in [3.8, 4) is 0 Å². The van der Waals surface area contributed by atoms with Gasteiger partial charge in [0.15, 0.2) is 0 Å². The molecule has 0 aromatic heterocycles. The number of halogens is 2. The third-order valence-electron chi connectivity index (χ3n) is 3.79. The van der Waals surface area contributed by atoms with Gasteiger partial charge in [0.25, 0.3) is 5.91 Å². The van der Waals surface area contributed by atoms with E-state index in [1.54, 1.807) is 12.1 Å². The van der Waals surface area contributed by atoms with Gasteiger partial charge in [0.05, 0.1) is 11.6 Å². The zero-order chi connectivity index (χ0) is 15.0. The van der Waals surface area contributed by atoms with E-state index in [-0.39, 0.29) is 17.4 Å².